The van der Waals surface area contributed by atoms with Crippen molar-refractivity contribution in [1.82, 2.24) is 5.32 Å². The van der Waals surface area contributed by atoms with E-state index in [4.69, 9.17) is 4.74 Å². The van der Waals surface area contributed by atoms with Crippen LogP contribution in [0.1, 0.15) is 12.8 Å². The van der Waals surface area contributed by atoms with Gasteiger partial charge in [-0.2, -0.15) is 0 Å². The van der Waals surface area contributed by atoms with E-state index in [1.54, 1.807) is 0 Å². The fourth-order valence-corrected chi connectivity index (χ4v) is 1.94. The minimum atomic E-state index is -2.86. The number of ether oxygens (including phenoxy) is 1. The number of hydrogen-bond acceptors (Lipinski definition) is 4. The summed E-state index contributed by atoms with van der Waals surface area (Å²) in [7, 11) is -2.86. The molecule has 0 aromatic rings. The summed E-state index contributed by atoms with van der Waals surface area (Å²) in [6.45, 7) is 3.20. The molecule has 0 aromatic carbocycles. The Morgan fingerprint density at radius 1 is 1.43 bits per heavy atom. The number of nitrogens with one attached hydrogen (secondary N) is 1. The average molecular weight is 221 g/mol. The highest BCUT2D eigenvalue weighted by atomic mass is 32.2. The van der Waals surface area contributed by atoms with E-state index in [0.717, 1.165) is 19.5 Å². The molecule has 1 heterocycles. The van der Waals surface area contributed by atoms with E-state index >= 15 is 0 Å². The van der Waals surface area contributed by atoms with Gasteiger partial charge in [0.15, 0.2) is 0 Å². The van der Waals surface area contributed by atoms with Gasteiger partial charge in [0, 0.05) is 12.9 Å². The van der Waals surface area contributed by atoms with Crippen LogP contribution in [0.5, 0.6) is 0 Å². The molecule has 0 aliphatic carbocycles. The van der Waals surface area contributed by atoms with E-state index in [9.17, 15) is 8.42 Å². The van der Waals surface area contributed by atoms with Crippen molar-refractivity contribution in [2.45, 2.75) is 12.8 Å². The third kappa shape index (κ3) is 5.57. The molecule has 0 spiro atoms. The second-order valence-electron chi connectivity index (χ2n) is 3.89. The van der Waals surface area contributed by atoms with Crippen molar-refractivity contribution in [3.63, 3.8) is 0 Å². The van der Waals surface area contributed by atoms with Gasteiger partial charge in [-0.25, -0.2) is 8.42 Å². The van der Waals surface area contributed by atoms with Gasteiger partial charge in [-0.05, 0) is 31.8 Å². The van der Waals surface area contributed by atoms with Gasteiger partial charge in [0.05, 0.1) is 12.4 Å². The monoisotopic (exact) mass is 221 g/mol. The fraction of sp³-hybridized carbons (Fsp3) is 1.00. The summed E-state index contributed by atoms with van der Waals surface area (Å²) in [6.07, 6.45) is 3.49. The number of sulfone groups is 1. The summed E-state index contributed by atoms with van der Waals surface area (Å²) < 4.78 is 26.8. The summed E-state index contributed by atoms with van der Waals surface area (Å²) >= 11 is 0. The Morgan fingerprint density at radius 2 is 2.21 bits per heavy atom. The Balaban J connectivity index is 1.94. The molecule has 4 nitrogen and oxygen atoms in total. The van der Waals surface area contributed by atoms with Crippen molar-refractivity contribution in [2.24, 2.45) is 5.92 Å². The second kappa shape index (κ2) is 5.68. The van der Waals surface area contributed by atoms with Crippen molar-refractivity contribution in [2.75, 3.05) is 38.3 Å². The van der Waals surface area contributed by atoms with Crippen LogP contribution < -0.4 is 5.32 Å². The first-order chi connectivity index (χ1) is 6.58. The maximum atomic E-state index is 10.8. The van der Waals surface area contributed by atoms with Crippen LogP contribution in [0.15, 0.2) is 0 Å². The molecule has 1 atom stereocenters. The van der Waals surface area contributed by atoms with Crippen LogP contribution in [0, 0.1) is 5.92 Å². The summed E-state index contributed by atoms with van der Waals surface area (Å²) in [4.78, 5) is 0. The lowest BCUT2D eigenvalue weighted by atomic mass is 10.1. The van der Waals surface area contributed by atoms with Crippen molar-refractivity contribution < 1.29 is 13.2 Å². The number of hydrogen-bond donors (Lipinski definition) is 1. The van der Waals surface area contributed by atoms with Crippen molar-refractivity contribution in [3.8, 4) is 0 Å². The molecule has 0 amide bonds. The smallest absolute Gasteiger partial charge is 0.149 e. The maximum Gasteiger partial charge on any atom is 0.149 e. The third-order valence-electron chi connectivity index (χ3n) is 2.43. The molecular formula is C9H19NO3S. The predicted molar refractivity (Wildman–Crippen MR) is 56.1 cm³/mol. The minimum Gasteiger partial charge on any atom is -0.380 e. The Morgan fingerprint density at radius 3 is 2.79 bits per heavy atom. The van der Waals surface area contributed by atoms with Crippen molar-refractivity contribution >= 4 is 9.84 Å². The van der Waals surface area contributed by atoms with Gasteiger partial charge in [-0.15, -0.1) is 0 Å². The SMILES string of the molecule is CS(=O)(=O)CCOCCC1CCNC1. The Bertz CT molecular complexity index is 245. The van der Waals surface area contributed by atoms with E-state index in [1.807, 2.05) is 0 Å². The molecule has 0 saturated carbocycles. The summed E-state index contributed by atoms with van der Waals surface area (Å²) in [5, 5.41) is 3.29. The lowest BCUT2D eigenvalue weighted by molar-refractivity contribution is 0.135. The summed E-state index contributed by atoms with van der Waals surface area (Å²) in [5.74, 6) is 0.851. The molecular weight excluding hydrogens is 202 g/mol. The molecule has 5 heteroatoms. The molecule has 0 aromatic heterocycles. The molecule has 1 N–H and O–H groups in total. The van der Waals surface area contributed by atoms with E-state index in [0.29, 0.717) is 19.1 Å². The standard InChI is InChI=1S/C9H19NO3S/c1-14(11,12)7-6-13-5-3-9-2-4-10-8-9/h9-10H,2-8H2,1H3. The highest BCUT2D eigenvalue weighted by Gasteiger charge is 2.13. The lowest BCUT2D eigenvalue weighted by Crippen LogP contribution is -2.13. The van der Waals surface area contributed by atoms with Crippen LogP contribution in [0.2, 0.25) is 0 Å². The quantitative estimate of drug-likeness (QED) is 0.644. The minimum absolute atomic E-state index is 0.135. The van der Waals surface area contributed by atoms with Gasteiger partial charge < -0.3 is 10.1 Å². The van der Waals surface area contributed by atoms with Crippen molar-refractivity contribution in [1.29, 1.82) is 0 Å². The zero-order valence-electron chi connectivity index (χ0n) is 8.66. The van der Waals surface area contributed by atoms with E-state index in [-0.39, 0.29) is 5.75 Å². The molecule has 14 heavy (non-hydrogen) atoms. The fourth-order valence-electron chi connectivity index (χ4n) is 1.52. The first kappa shape index (κ1) is 11.9. The zero-order chi connectivity index (χ0) is 10.4. The van der Waals surface area contributed by atoms with Gasteiger partial charge in [-0.3, -0.25) is 0 Å². The molecule has 1 aliphatic heterocycles. The van der Waals surface area contributed by atoms with Crippen LogP contribution in [0.25, 0.3) is 0 Å². The molecule has 1 rings (SSSR count). The Kier molecular flexibility index (Phi) is 4.84. The number of rotatable bonds is 6. The highest BCUT2D eigenvalue weighted by Crippen LogP contribution is 2.11. The molecule has 1 aliphatic rings. The molecule has 1 fully saturated rings. The first-order valence-electron chi connectivity index (χ1n) is 5.04. The van der Waals surface area contributed by atoms with Crippen LogP contribution in [0.4, 0.5) is 0 Å². The molecule has 1 unspecified atom stereocenters. The van der Waals surface area contributed by atoms with Crippen LogP contribution >= 0.6 is 0 Å². The van der Waals surface area contributed by atoms with Crippen LogP contribution in [-0.2, 0) is 14.6 Å². The first-order valence-corrected chi connectivity index (χ1v) is 7.10. The topological polar surface area (TPSA) is 55.4 Å². The van der Waals surface area contributed by atoms with Crippen LogP contribution in [0.3, 0.4) is 0 Å². The largest absolute Gasteiger partial charge is 0.380 e. The predicted octanol–water partition coefficient (Wildman–Crippen LogP) is 0.0472. The normalized spacial score (nSPS) is 22.8. The van der Waals surface area contributed by atoms with Gasteiger partial charge in [-0.1, -0.05) is 0 Å². The molecule has 84 valence electrons. The third-order valence-corrected chi connectivity index (χ3v) is 3.34. The van der Waals surface area contributed by atoms with Gasteiger partial charge in [0.2, 0.25) is 0 Å². The lowest BCUT2D eigenvalue weighted by Gasteiger charge is -2.07. The molecule has 1 saturated heterocycles. The molecule has 0 radical (unpaired) electrons. The van der Waals surface area contributed by atoms with E-state index in [1.165, 1.54) is 12.7 Å². The van der Waals surface area contributed by atoms with Gasteiger partial charge in [0.25, 0.3) is 0 Å². The molecule has 0 bridgehead atoms. The van der Waals surface area contributed by atoms with E-state index < -0.39 is 9.84 Å². The zero-order valence-corrected chi connectivity index (χ0v) is 9.48. The van der Waals surface area contributed by atoms with Gasteiger partial charge in [0.1, 0.15) is 9.84 Å². The second-order valence-corrected chi connectivity index (χ2v) is 6.15. The Hall–Kier alpha value is -0.130. The van der Waals surface area contributed by atoms with Crippen LogP contribution in [-0.4, -0.2) is 46.7 Å². The summed E-state index contributed by atoms with van der Waals surface area (Å²) in [5.41, 5.74) is 0. The van der Waals surface area contributed by atoms with Gasteiger partial charge >= 0.3 is 0 Å². The van der Waals surface area contributed by atoms with E-state index in [2.05, 4.69) is 5.32 Å². The summed E-state index contributed by atoms with van der Waals surface area (Å²) in [6, 6.07) is 0. The maximum absolute atomic E-state index is 10.8. The Labute approximate surface area is 85.9 Å². The average Bonchev–Trinajstić information content (AvgIpc) is 2.54. The van der Waals surface area contributed by atoms with Crippen molar-refractivity contribution in [3.05, 3.63) is 0 Å². The highest BCUT2D eigenvalue weighted by molar-refractivity contribution is 7.90.